The zero-order valence-electron chi connectivity index (χ0n) is 9.11. The Morgan fingerprint density at radius 3 is 2.83 bits per heavy atom. The van der Waals surface area contributed by atoms with Gasteiger partial charge in [-0.1, -0.05) is 23.9 Å². The summed E-state index contributed by atoms with van der Waals surface area (Å²) in [7, 11) is 0. The highest BCUT2D eigenvalue weighted by Gasteiger charge is 2.31. The van der Waals surface area contributed by atoms with Crippen LogP contribution in [0.1, 0.15) is 5.56 Å². The molecule has 7 heteroatoms. The predicted octanol–water partition coefficient (Wildman–Crippen LogP) is 3.07. The molecule has 0 saturated carbocycles. The lowest BCUT2D eigenvalue weighted by atomic mass is 10.1. The van der Waals surface area contributed by atoms with Gasteiger partial charge in [0.2, 0.25) is 0 Å². The van der Waals surface area contributed by atoms with Crippen LogP contribution in [0.5, 0.6) is 0 Å². The summed E-state index contributed by atoms with van der Waals surface area (Å²) in [5.41, 5.74) is -0.214. The molecule has 3 rings (SSSR count). The van der Waals surface area contributed by atoms with Gasteiger partial charge in [-0.15, -0.1) is 10.2 Å². The number of hydrogen-bond donors (Lipinski definition) is 0. The van der Waals surface area contributed by atoms with E-state index in [-0.39, 0.29) is 0 Å². The van der Waals surface area contributed by atoms with Gasteiger partial charge in [0.15, 0.2) is 11.0 Å². The molecule has 1 aromatic heterocycles. The van der Waals surface area contributed by atoms with Crippen molar-refractivity contribution in [3.8, 4) is 11.4 Å². The van der Waals surface area contributed by atoms with Crippen LogP contribution in [0.3, 0.4) is 0 Å². The van der Waals surface area contributed by atoms with Crippen molar-refractivity contribution in [2.24, 2.45) is 0 Å². The summed E-state index contributed by atoms with van der Waals surface area (Å²) in [5, 5.41) is 8.68. The molecule has 2 heterocycles. The van der Waals surface area contributed by atoms with Crippen molar-refractivity contribution in [3.63, 3.8) is 0 Å². The average Bonchev–Trinajstić information content (AvgIpc) is 2.89. The molecule has 94 valence electrons. The summed E-state index contributed by atoms with van der Waals surface area (Å²) < 4.78 is 39.8. The first kappa shape index (κ1) is 11.6. The van der Waals surface area contributed by atoms with E-state index in [1.165, 1.54) is 6.07 Å². The molecule has 0 bridgehead atoms. The minimum Gasteiger partial charge on any atom is -0.301 e. The third-order valence-corrected chi connectivity index (χ3v) is 3.66. The Kier molecular flexibility index (Phi) is 2.58. The minimum atomic E-state index is -4.33. The maximum atomic E-state index is 12.6. The summed E-state index contributed by atoms with van der Waals surface area (Å²) in [4.78, 5) is 0. The summed E-state index contributed by atoms with van der Waals surface area (Å²) in [6.45, 7) is 0.735. The van der Waals surface area contributed by atoms with Crippen LogP contribution in [0, 0.1) is 0 Å². The topological polar surface area (TPSA) is 30.7 Å². The van der Waals surface area contributed by atoms with Gasteiger partial charge in [0.05, 0.1) is 5.56 Å². The van der Waals surface area contributed by atoms with Crippen LogP contribution in [-0.2, 0) is 12.7 Å². The monoisotopic (exact) mass is 271 g/mol. The van der Waals surface area contributed by atoms with Gasteiger partial charge in [0.1, 0.15) is 0 Å². The van der Waals surface area contributed by atoms with Crippen molar-refractivity contribution in [2.45, 2.75) is 17.9 Å². The van der Waals surface area contributed by atoms with Gasteiger partial charge >= 0.3 is 6.18 Å². The van der Waals surface area contributed by atoms with Crippen molar-refractivity contribution in [1.29, 1.82) is 0 Å². The van der Waals surface area contributed by atoms with E-state index in [2.05, 4.69) is 10.2 Å². The number of hydrogen-bond acceptors (Lipinski definition) is 3. The van der Waals surface area contributed by atoms with Crippen LogP contribution in [0.2, 0.25) is 0 Å². The van der Waals surface area contributed by atoms with Crippen molar-refractivity contribution in [1.82, 2.24) is 14.8 Å². The number of aromatic nitrogens is 3. The standard InChI is InChI=1S/C11H8F3N3S/c12-11(13,14)8-3-1-2-7(6-8)9-15-16-10-17(9)4-5-18-10/h1-3,6H,4-5H2. The zero-order valence-corrected chi connectivity index (χ0v) is 9.92. The van der Waals surface area contributed by atoms with Gasteiger partial charge in [0, 0.05) is 17.9 Å². The van der Waals surface area contributed by atoms with E-state index in [1.807, 2.05) is 4.57 Å². The van der Waals surface area contributed by atoms with Crippen LogP contribution in [0.25, 0.3) is 11.4 Å². The molecule has 3 nitrogen and oxygen atoms in total. The van der Waals surface area contributed by atoms with E-state index < -0.39 is 11.7 Å². The molecule has 0 aliphatic carbocycles. The maximum Gasteiger partial charge on any atom is 0.416 e. The first-order chi connectivity index (χ1) is 8.55. The van der Waals surface area contributed by atoms with Crippen LogP contribution < -0.4 is 0 Å². The zero-order chi connectivity index (χ0) is 12.8. The number of benzene rings is 1. The molecule has 1 aliphatic heterocycles. The van der Waals surface area contributed by atoms with Gasteiger partial charge in [-0.3, -0.25) is 0 Å². The molecule has 0 amide bonds. The van der Waals surface area contributed by atoms with E-state index in [1.54, 1.807) is 17.8 Å². The summed E-state index contributed by atoms with van der Waals surface area (Å²) in [6.07, 6.45) is -4.33. The molecule has 0 radical (unpaired) electrons. The Hall–Kier alpha value is -1.50. The van der Waals surface area contributed by atoms with E-state index in [0.717, 1.165) is 29.6 Å². The Labute approximate surface area is 105 Å². The molecule has 0 saturated heterocycles. The Balaban J connectivity index is 2.07. The fourth-order valence-electron chi connectivity index (χ4n) is 1.87. The predicted molar refractivity (Wildman–Crippen MR) is 61.2 cm³/mol. The lowest BCUT2D eigenvalue weighted by Crippen LogP contribution is -2.05. The van der Waals surface area contributed by atoms with Crippen molar-refractivity contribution in [3.05, 3.63) is 29.8 Å². The first-order valence-corrected chi connectivity index (χ1v) is 6.28. The summed E-state index contributed by atoms with van der Waals surface area (Å²) in [5.74, 6) is 1.39. The molecule has 1 aromatic carbocycles. The Morgan fingerprint density at radius 1 is 1.22 bits per heavy atom. The SMILES string of the molecule is FC(F)(F)c1cccc(-c2nnc3n2CCS3)c1. The van der Waals surface area contributed by atoms with Gasteiger partial charge in [0.25, 0.3) is 0 Å². The second-order valence-electron chi connectivity index (χ2n) is 3.88. The Morgan fingerprint density at radius 2 is 2.06 bits per heavy atom. The smallest absolute Gasteiger partial charge is 0.301 e. The van der Waals surface area contributed by atoms with Crippen molar-refractivity contribution >= 4 is 11.8 Å². The Bertz CT molecular complexity index is 591. The lowest BCUT2D eigenvalue weighted by molar-refractivity contribution is -0.137. The highest BCUT2D eigenvalue weighted by molar-refractivity contribution is 7.99. The van der Waals surface area contributed by atoms with Gasteiger partial charge in [-0.2, -0.15) is 13.2 Å². The fourth-order valence-corrected chi connectivity index (χ4v) is 2.76. The summed E-state index contributed by atoms with van der Waals surface area (Å²) in [6, 6.07) is 5.18. The second kappa shape index (κ2) is 4.01. The molecule has 0 fully saturated rings. The van der Waals surface area contributed by atoms with Crippen LogP contribution in [0.15, 0.2) is 29.4 Å². The van der Waals surface area contributed by atoms with E-state index in [0.29, 0.717) is 11.4 Å². The number of rotatable bonds is 1. The third kappa shape index (κ3) is 1.88. The molecule has 18 heavy (non-hydrogen) atoms. The number of thioether (sulfide) groups is 1. The molecule has 1 aliphatic rings. The highest BCUT2D eigenvalue weighted by atomic mass is 32.2. The number of halogens is 3. The first-order valence-electron chi connectivity index (χ1n) is 5.29. The maximum absolute atomic E-state index is 12.6. The summed E-state index contributed by atoms with van der Waals surface area (Å²) >= 11 is 1.56. The van der Waals surface area contributed by atoms with Crippen LogP contribution >= 0.6 is 11.8 Å². The van der Waals surface area contributed by atoms with Crippen LogP contribution in [0.4, 0.5) is 13.2 Å². The molecule has 0 atom stereocenters. The van der Waals surface area contributed by atoms with Gasteiger partial charge in [-0.25, -0.2) is 0 Å². The van der Waals surface area contributed by atoms with Crippen LogP contribution in [-0.4, -0.2) is 20.5 Å². The average molecular weight is 271 g/mol. The quantitative estimate of drug-likeness (QED) is 0.798. The molecular formula is C11H8F3N3S. The molecule has 0 N–H and O–H groups in total. The molecule has 0 unspecified atom stereocenters. The minimum absolute atomic E-state index is 0.450. The number of alkyl halides is 3. The normalized spacial score (nSPS) is 14.8. The lowest BCUT2D eigenvalue weighted by Gasteiger charge is -2.08. The van der Waals surface area contributed by atoms with E-state index >= 15 is 0 Å². The highest BCUT2D eigenvalue weighted by Crippen LogP contribution is 2.33. The second-order valence-corrected chi connectivity index (χ2v) is 4.95. The number of nitrogens with zero attached hydrogens (tertiary/aromatic N) is 3. The van der Waals surface area contributed by atoms with Crippen molar-refractivity contribution in [2.75, 3.05) is 5.75 Å². The van der Waals surface area contributed by atoms with Gasteiger partial charge < -0.3 is 4.57 Å². The van der Waals surface area contributed by atoms with Gasteiger partial charge in [-0.05, 0) is 12.1 Å². The third-order valence-electron chi connectivity index (χ3n) is 2.71. The van der Waals surface area contributed by atoms with E-state index in [4.69, 9.17) is 0 Å². The van der Waals surface area contributed by atoms with E-state index in [9.17, 15) is 13.2 Å². The fraction of sp³-hybridized carbons (Fsp3) is 0.273. The number of fused-ring (bicyclic) bond motifs is 1. The largest absolute Gasteiger partial charge is 0.416 e. The molecule has 0 spiro atoms. The molecular weight excluding hydrogens is 263 g/mol. The van der Waals surface area contributed by atoms with Crippen molar-refractivity contribution < 1.29 is 13.2 Å². The molecule has 2 aromatic rings.